The van der Waals surface area contributed by atoms with Crippen LogP contribution in [-0.4, -0.2) is 20.0 Å². The number of hydrogen-bond donors (Lipinski definition) is 0. The van der Waals surface area contributed by atoms with E-state index in [4.69, 9.17) is 9.47 Å². The second kappa shape index (κ2) is 10.9. The second-order valence-electron chi connectivity index (χ2n) is 6.03. The van der Waals surface area contributed by atoms with E-state index in [0.717, 1.165) is 35.6 Å². The third-order valence-corrected chi connectivity index (χ3v) is 4.40. The second-order valence-corrected chi connectivity index (χ2v) is 6.03. The van der Waals surface area contributed by atoms with E-state index >= 15 is 0 Å². The van der Waals surface area contributed by atoms with Crippen molar-refractivity contribution < 1.29 is 31.3 Å². The molecule has 0 atom stereocenters. The molecule has 3 aliphatic rings. The van der Waals surface area contributed by atoms with E-state index in [1.54, 1.807) is 20.3 Å². The summed E-state index contributed by atoms with van der Waals surface area (Å²) in [4.78, 5) is 12.7. The molecule has 4 rings (SSSR count). The van der Waals surface area contributed by atoms with Crippen molar-refractivity contribution in [3.63, 3.8) is 0 Å². The minimum Gasteiger partial charge on any atom is -0.497 e. The summed E-state index contributed by atoms with van der Waals surface area (Å²) in [6.07, 6.45) is 21.5. The summed E-state index contributed by atoms with van der Waals surface area (Å²) in [7, 11) is 3.21. The van der Waals surface area contributed by atoms with Crippen molar-refractivity contribution in [2.24, 2.45) is 0 Å². The summed E-state index contributed by atoms with van der Waals surface area (Å²) in [6.45, 7) is 0. The molecule has 0 unspecified atom stereocenters. The Labute approximate surface area is 174 Å². The van der Waals surface area contributed by atoms with Gasteiger partial charge in [-0.2, -0.15) is 0 Å². The first kappa shape index (κ1) is 22.0. The number of ketones is 1. The fourth-order valence-corrected chi connectivity index (χ4v) is 3.07. The van der Waals surface area contributed by atoms with Gasteiger partial charge >= 0.3 is 17.1 Å². The van der Waals surface area contributed by atoms with Gasteiger partial charge in [0.05, 0.1) is 14.2 Å². The van der Waals surface area contributed by atoms with Crippen molar-refractivity contribution in [3.05, 3.63) is 98.6 Å². The van der Waals surface area contributed by atoms with Crippen LogP contribution in [0.15, 0.2) is 23.8 Å². The van der Waals surface area contributed by atoms with Crippen molar-refractivity contribution in [2.45, 2.75) is 12.8 Å². The summed E-state index contributed by atoms with van der Waals surface area (Å²) in [6, 6.07) is 3.64. The molecule has 3 nitrogen and oxygen atoms in total. The van der Waals surface area contributed by atoms with Gasteiger partial charge < -0.3 is 9.47 Å². The largest absolute Gasteiger partial charge is 2.00 e. The zero-order valence-corrected chi connectivity index (χ0v) is 16.5. The number of carbonyl (C=O) groups is 1. The van der Waals surface area contributed by atoms with Crippen LogP contribution in [0.3, 0.4) is 0 Å². The molecule has 0 heterocycles. The quantitative estimate of drug-likeness (QED) is 0.562. The van der Waals surface area contributed by atoms with Crippen LogP contribution in [0.5, 0.6) is 11.5 Å². The fourth-order valence-electron chi connectivity index (χ4n) is 3.07. The first-order chi connectivity index (χ1) is 12.7. The van der Waals surface area contributed by atoms with Gasteiger partial charge in [-0.1, -0.05) is 6.08 Å². The van der Waals surface area contributed by atoms with Crippen molar-refractivity contribution in [1.82, 2.24) is 0 Å². The SMILES string of the molecule is COc1cc(OC)c2c(c1)C(=O)/C(=C/[C]1[CH][CH][CH][CH]1)CC2.[CH]1[CH][CH][CH][CH]1.[Fe+2]. The Bertz CT molecular complexity index is 648. The number of benzene rings is 1. The molecule has 0 aromatic heterocycles. The van der Waals surface area contributed by atoms with E-state index in [0.29, 0.717) is 11.3 Å². The molecule has 2 saturated carbocycles. The van der Waals surface area contributed by atoms with Crippen LogP contribution in [0, 0.1) is 63.7 Å². The molecule has 1 aromatic rings. The number of allylic oxidation sites excluding steroid dienone is 2. The van der Waals surface area contributed by atoms with Gasteiger partial charge in [0.1, 0.15) is 11.5 Å². The van der Waals surface area contributed by atoms with Gasteiger partial charge in [-0.05, 0) is 82.3 Å². The molecule has 10 radical (unpaired) electrons. The molecule has 0 bridgehead atoms. The zero-order valence-electron chi connectivity index (χ0n) is 15.4. The predicted molar refractivity (Wildman–Crippen MR) is 102 cm³/mol. The van der Waals surface area contributed by atoms with E-state index in [9.17, 15) is 4.79 Å². The van der Waals surface area contributed by atoms with Gasteiger partial charge in [0.25, 0.3) is 0 Å². The van der Waals surface area contributed by atoms with Gasteiger partial charge in [0.15, 0.2) is 5.78 Å². The van der Waals surface area contributed by atoms with Crippen LogP contribution in [0.4, 0.5) is 0 Å². The monoisotopic (exact) mass is 402 g/mol. The fraction of sp³-hybridized carbons (Fsp3) is 0.174. The predicted octanol–water partition coefficient (Wildman–Crippen LogP) is 4.18. The molecule has 27 heavy (non-hydrogen) atoms. The normalized spacial score (nSPS) is 20.5. The molecular formula is C23H22FeO3+2. The van der Waals surface area contributed by atoms with Crippen molar-refractivity contribution >= 4 is 5.78 Å². The standard InChI is InChI=1S/C18H17O3.C5H5.Fe/c1-20-14-10-16-15(17(11-14)21-2)8-7-13(18(16)19)9-12-5-3-4-6-12;1-2-4-5-3-1;/h3-6,9-11H,7-8H2,1-2H3;1-5H;/q;;+2/b13-9+;;. The summed E-state index contributed by atoms with van der Waals surface area (Å²) in [5.74, 6) is 2.50. The summed E-state index contributed by atoms with van der Waals surface area (Å²) in [5.41, 5.74) is 2.50. The smallest absolute Gasteiger partial charge is 0.497 e. The molecule has 2 fully saturated rings. The molecular weight excluding hydrogens is 380 g/mol. The Morgan fingerprint density at radius 2 is 1.48 bits per heavy atom. The van der Waals surface area contributed by atoms with Crippen molar-refractivity contribution in [2.75, 3.05) is 14.2 Å². The van der Waals surface area contributed by atoms with Crippen LogP contribution in [0.1, 0.15) is 22.3 Å². The third-order valence-electron chi connectivity index (χ3n) is 4.40. The Morgan fingerprint density at radius 3 is 2.04 bits per heavy atom. The Balaban J connectivity index is 0.000000379. The van der Waals surface area contributed by atoms with Gasteiger partial charge in [-0.15, -0.1) is 0 Å². The molecule has 0 amide bonds. The third kappa shape index (κ3) is 5.62. The average molecular weight is 402 g/mol. The summed E-state index contributed by atoms with van der Waals surface area (Å²) in [5, 5.41) is 0. The summed E-state index contributed by atoms with van der Waals surface area (Å²) >= 11 is 0. The van der Waals surface area contributed by atoms with Crippen LogP contribution in [0.25, 0.3) is 0 Å². The van der Waals surface area contributed by atoms with E-state index in [2.05, 4.69) is 0 Å². The first-order valence-electron chi connectivity index (χ1n) is 8.61. The van der Waals surface area contributed by atoms with Gasteiger partial charge in [0.2, 0.25) is 0 Å². The molecule has 0 saturated heterocycles. The number of ether oxygens (including phenoxy) is 2. The van der Waals surface area contributed by atoms with Crippen LogP contribution in [0.2, 0.25) is 0 Å². The van der Waals surface area contributed by atoms with E-state index < -0.39 is 0 Å². The molecule has 0 spiro atoms. The minimum absolute atomic E-state index is 0. The van der Waals surface area contributed by atoms with Crippen LogP contribution in [-0.2, 0) is 23.5 Å². The minimum atomic E-state index is 0. The van der Waals surface area contributed by atoms with Crippen molar-refractivity contribution in [1.29, 1.82) is 0 Å². The van der Waals surface area contributed by atoms with E-state index in [1.807, 2.05) is 69.9 Å². The number of Topliss-reactive ketones (excluding diaryl/α,β-unsaturated/α-hetero) is 1. The van der Waals surface area contributed by atoms with Crippen LogP contribution < -0.4 is 9.47 Å². The number of methoxy groups -OCH3 is 2. The number of hydrogen-bond acceptors (Lipinski definition) is 3. The maximum atomic E-state index is 12.7. The number of fused-ring (bicyclic) bond motifs is 1. The van der Waals surface area contributed by atoms with E-state index in [-0.39, 0.29) is 22.9 Å². The molecule has 3 aliphatic carbocycles. The number of carbonyl (C=O) groups excluding carboxylic acids is 1. The molecule has 4 heteroatoms. The van der Waals surface area contributed by atoms with Gasteiger partial charge in [-0.25, -0.2) is 0 Å². The molecule has 138 valence electrons. The van der Waals surface area contributed by atoms with Gasteiger partial charge in [-0.3, -0.25) is 4.79 Å². The number of rotatable bonds is 3. The van der Waals surface area contributed by atoms with E-state index in [1.165, 1.54) is 0 Å². The van der Waals surface area contributed by atoms with Crippen molar-refractivity contribution in [3.8, 4) is 11.5 Å². The molecule has 0 aliphatic heterocycles. The topological polar surface area (TPSA) is 35.5 Å². The average Bonchev–Trinajstić information content (AvgIpc) is 3.40. The Kier molecular flexibility index (Phi) is 8.92. The van der Waals surface area contributed by atoms with Crippen LogP contribution >= 0.6 is 0 Å². The first-order valence-corrected chi connectivity index (χ1v) is 8.61. The van der Waals surface area contributed by atoms with Gasteiger partial charge in [0, 0.05) is 23.1 Å². The zero-order chi connectivity index (χ0) is 18.4. The molecule has 1 aromatic carbocycles. The summed E-state index contributed by atoms with van der Waals surface area (Å²) < 4.78 is 10.7. The maximum Gasteiger partial charge on any atom is 2.00 e. The maximum absolute atomic E-state index is 12.7. The Morgan fingerprint density at radius 1 is 0.852 bits per heavy atom. The Hall–Kier alpha value is -1.25. The molecule has 0 N–H and O–H groups in total.